The van der Waals surface area contributed by atoms with Gasteiger partial charge >= 0.3 is 0 Å². The number of rotatable bonds is 9. The SMILES string of the molecule is CC1(C)C(NC(=O)c2ccc(N3CC[C@@H](CN4CCN(c5ccc6c(c5)CN([C@H]5CCC(=O)NC5=O)C6=O)CC4)C3)c(F)c2)C(C)(C)C1Oc1ccc(C#N)c2[nH]c(=O)ccc12. The van der Waals surface area contributed by atoms with Crippen molar-refractivity contribution in [1.82, 2.24) is 25.4 Å². The largest absolute Gasteiger partial charge is 0.488 e. The Kier molecular flexibility index (Phi) is 10.3. The number of nitrogens with zero attached hydrogens (tertiary/aromatic N) is 5. The number of nitrogens with one attached hydrogen (secondary N) is 3. The van der Waals surface area contributed by atoms with Gasteiger partial charge in [-0.05, 0) is 78.9 Å². The fourth-order valence-corrected chi connectivity index (χ4v) is 11.0. The Balaban J connectivity index is 0.769. The first-order valence-electron chi connectivity index (χ1n) is 21.5. The molecule has 1 aliphatic carbocycles. The van der Waals surface area contributed by atoms with Crippen LogP contribution in [-0.2, 0) is 16.1 Å². The number of piperazine rings is 1. The summed E-state index contributed by atoms with van der Waals surface area (Å²) in [6, 6.07) is 18.2. The second kappa shape index (κ2) is 15.6. The molecule has 5 heterocycles. The summed E-state index contributed by atoms with van der Waals surface area (Å²) in [5, 5.41) is 15.7. The first kappa shape index (κ1) is 41.1. The topological polar surface area (TPSA) is 171 Å². The van der Waals surface area contributed by atoms with Crippen LogP contribution in [0.2, 0.25) is 0 Å². The molecular weight excluding hydrogens is 792 g/mol. The minimum Gasteiger partial charge on any atom is -0.488 e. The van der Waals surface area contributed by atoms with Gasteiger partial charge in [0, 0.05) is 104 Å². The maximum Gasteiger partial charge on any atom is 0.255 e. The van der Waals surface area contributed by atoms with E-state index in [-0.39, 0.29) is 47.4 Å². The highest BCUT2D eigenvalue weighted by atomic mass is 19.1. The monoisotopic (exact) mass is 842 g/mol. The molecule has 1 saturated carbocycles. The Hall–Kier alpha value is -6.27. The first-order chi connectivity index (χ1) is 29.6. The Bertz CT molecular complexity index is 2590. The predicted molar refractivity (Wildman–Crippen MR) is 230 cm³/mol. The normalized spacial score (nSPS) is 24.4. The van der Waals surface area contributed by atoms with Crippen LogP contribution in [0.3, 0.4) is 0 Å². The number of aromatic nitrogens is 1. The van der Waals surface area contributed by atoms with Gasteiger partial charge < -0.3 is 29.7 Å². The highest BCUT2D eigenvalue weighted by molar-refractivity contribution is 6.05. The van der Waals surface area contributed by atoms with E-state index in [2.05, 4.69) is 42.5 Å². The average molecular weight is 843 g/mol. The van der Waals surface area contributed by atoms with Gasteiger partial charge in [-0.1, -0.05) is 27.7 Å². The highest BCUT2D eigenvalue weighted by Crippen LogP contribution is 2.56. The molecule has 3 saturated heterocycles. The Morgan fingerprint density at radius 3 is 2.42 bits per heavy atom. The van der Waals surface area contributed by atoms with Gasteiger partial charge in [-0.15, -0.1) is 0 Å². The summed E-state index contributed by atoms with van der Waals surface area (Å²) in [7, 11) is 0. The highest BCUT2D eigenvalue weighted by Gasteiger charge is 2.64. The van der Waals surface area contributed by atoms with Crippen LogP contribution >= 0.6 is 0 Å². The van der Waals surface area contributed by atoms with Gasteiger partial charge in [-0.2, -0.15) is 5.26 Å². The summed E-state index contributed by atoms with van der Waals surface area (Å²) in [4.78, 5) is 74.1. The van der Waals surface area contributed by atoms with Crippen molar-refractivity contribution in [1.29, 1.82) is 5.26 Å². The lowest BCUT2D eigenvalue weighted by Crippen LogP contribution is -2.74. The molecule has 4 aliphatic heterocycles. The number of ether oxygens (including phenoxy) is 1. The van der Waals surface area contributed by atoms with E-state index in [1.54, 1.807) is 35.2 Å². The third-order valence-electron chi connectivity index (χ3n) is 13.9. The Labute approximate surface area is 359 Å². The van der Waals surface area contributed by atoms with Gasteiger partial charge in [0.15, 0.2) is 0 Å². The van der Waals surface area contributed by atoms with Crippen LogP contribution < -0.4 is 30.7 Å². The van der Waals surface area contributed by atoms with Crippen LogP contribution in [0, 0.1) is 33.9 Å². The van der Waals surface area contributed by atoms with Crippen LogP contribution in [0.25, 0.3) is 10.9 Å². The second-order valence-corrected chi connectivity index (χ2v) is 18.7. The molecule has 4 fully saturated rings. The van der Waals surface area contributed by atoms with Gasteiger partial charge in [0.1, 0.15) is 29.8 Å². The number of aromatic amines is 1. The zero-order chi connectivity index (χ0) is 43.7. The van der Waals surface area contributed by atoms with Crippen molar-refractivity contribution < 1.29 is 28.3 Å². The number of piperidine rings is 1. The zero-order valence-electron chi connectivity index (χ0n) is 35.4. The summed E-state index contributed by atoms with van der Waals surface area (Å²) in [5.74, 6) is -0.766. The van der Waals surface area contributed by atoms with Crippen molar-refractivity contribution in [3.05, 3.63) is 99.1 Å². The summed E-state index contributed by atoms with van der Waals surface area (Å²) < 4.78 is 22.4. The lowest BCUT2D eigenvalue weighted by molar-refractivity contribution is -0.163. The molecule has 322 valence electrons. The fourth-order valence-electron chi connectivity index (χ4n) is 11.0. The molecule has 1 aromatic heterocycles. The minimum absolute atomic E-state index is 0.172. The van der Waals surface area contributed by atoms with Crippen LogP contribution in [0.1, 0.15) is 78.8 Å². The number of H-pyrrole nitrogens is 1. The van der Waals surface area contributed by atoms with Gasteiger partial charge in [-0.25, -0.2) is 4.39 Å². The number of anilines is 2. The number of hydrogen-bond donors (Lipinski definition) is 3. The molecule has 5 aliphatic rings. The first-order valence-corrected chi connectivity index (χ1v) is 21.5. The number of benzene rings is 3. The van der Waals surface area contributed by atoms with Crippen molar-refractivity contribution in [3.63, 3.8) is 0 Å². The number of amides is 4. The standard InChI is InChI=1S/C47H51FN8O6/c1-46(2)44(47(3,4)45(46)62-37-12-6-29(23-49)40-33(37)9-13-38(57)50-40)52-41(59)28-5-10-35(34(48)22-28)55-16-15-27(25-55)24-53-17-19-54(20-18-53)31-7-8-32-30(21-31)26-56(43(32)61)36-11-14-39(58)51-42(36)60/h5-10,12-13,21-22,27,36,44-45H,11,14-20,24-26H2,1-4H3,(H,50,57)(H,52,59)(H,51,58,60)/t27-,36-,44?,45?/m0/s1. The Morgan fingerprint density at radius 1 is 0.919 bits per heavy atom. The average Bonchev–Trinajstić information content (AvgIpc) is 3.84. The van der Waals surface area contributed by atoms with E-state index >= 15 is 4.39 Å². The van der Waals surface area contributed by atoms with Crippen molar-refractivity contribution in [2.45, 2.75) is 71.7 Å². The van der Waals surface area contributed by atoms with Crippen molar-refractivity contribution in [3.8, 4) is 11.8 Å². The van der Waals surface area contributed by atoms with Gasteiger partial charge in [0.25, 0.3) is 11.8 Å². The molecule has 15 heteroatoms. The van der Waals surface area contributed by atoms with Crippen LogP contribution in [0.15, 0.2) is 65.5 Å². The van der Waals surface area contributed by atoms with E-state index in [9.17, 15) is 29.2 Å². The molecule has 3 aromatic carbocycles. The minimum atomic E-state index is -0.634. The number of pyridine rings is 1. The second-order valence-electron chi connectivity index (χ2n) is 18.7. The van der Waals surface area contributed by atoms with Crippen molar-refractivity contribution in [2.75, 3.05) is 55.6 Å². The number of carbonyl (C=O) groups is 4. The predicted octanol–water partition coefficient (Wildman–Crippen LogP) is 4.56. The Morgan fingerprint density at radius 2 is 1.69 bits per heavy atom. The molecule has 0 radical (unpaired) electrons. The number of halogens is 1. The lowest BCUT2D eigenvalue weighted by Gasteiger charge is -2.63. The molecule has 62 heavy (non-hydrogen) atoms. The van der Waals surface area contributed by atoms with Crippen LogP contribution in [0.5, 0.6) is 5.75 Å². The molecule has 4 amide bonds. The van der Waals surface area contributed by atoms with Crippen LogP contribution in [-0.4, -0.2) is 102 Å². The summed E-state index contributed by atoms with van der Waals surface area (Å²) in [6.07, 6.45) is 1.18. The molecule has 0 bridgehead atoms. The molecule has 2 atom stereocenters. The van der Waals surface area contributed by atoms with Crippen LogP contribution in [0.4, 0.5) is 15.8 Å². The molecule has 0 unspecified atom stereocenters. The maximum atomic E-state index is 15.8. The third-order valence-corrected chi connectivity index (χ3v) is 13.9. The van der Waals surface area contributed by atoms with Gasteiger partial charge in [-0.3, -0.25) is 34.2 Å². The molecule has 4 aromatic rings. The zero-order valence-corrected chi connectivity index (χ0v) is 35.4. The molecule has 9 rings (SSSR count). The van der Waals surface area contributed by atoms with Gasteiger partial charge in [0.05, 0.1) is 16.8 Å². The summed E-state index contributed by atoms with van der Waals surface area (Å²) >= 11 is 0. The molecule has 3 N–H and O–H groups in total. The third kappa shape index (κ3) is 7.23. The summed E-state index contributed by atoms with van der Waals surface area (Å²) in [5.41, 5.74) is 2.73. The summed E-state index contributed by atoms with van der Waals surface area (Å²) in [6.45, 7) is 14.2. The van der Waals surface area contributed by atoms with E-state index < -0.39 is 28.6 Å². The van der Waals surface area contributed by atoms with E-state index in [4.69, 9.17) is 4.74 Å². The van der Waals surface area contributed by atoms with E-state index in [1.807, 2.05) is 39.8 Å². The van der Waals surface area contributed by atoms with Gasteiger partial charge in [0.2, 0.25) is 17.4 Å². The van der Waals surface area contributed by atoms with Crippen molar-refractivity contribution in [2.24, 2.45) is 16.7 Å². The molecule has 14 nitrogen and oxygen atoms in total. The number of carbonyl (C=O) groups excluding carboxylic acids is 4. The molecular formula is C47H51FN8O6. The number of fused-ring (bicyclic) bond motifs is 2. The maximum absolute atomic E-state index is 15.8. The van der Waals surface area contributed by atoms with E-state index in [1.165, 1.54) is 12.1 Å². The molecule has 0 spiro atoms. The number of imide groups is 1. The smallest absolute Gasteiger partial charge is 0.255 e. The fraction of sp³-hybridized carbons (Fsp3) is 0.447. The van der Waals surface area contributed by atoms with Crippen molar-refractivity contribution >= 4 is 45.9 Å². The van der Waals surface area contributed by atoms with E-state index in [0.29, 0.717) is 52.4 Å². The van der Waals surface area contributed by atoms with E-state index in [0.717, 1.165) is 63.5 Å². The lowest BCUT2D eigenvalue weighted by atomic mass is 9.49. The number of hydrogen-bond acceptors (Lipinski definition) is 10. The number of nitriles is 1. The quantitative estimate of drug-likeness (QED) is 0.203.